The molecule has 0 aliphatic carbocycles. The molecule has 0 saturated heterocycles. The van der Waals surface area contributed by atoms with E-state index >= 15 is 0 Å². The van der Waals surface area contributed by atoms with Gasteiger partial charge < -0.3 is 0 Å². The first kappa shape index (κ1) is 11.7. The van der Waals surface area contributed by atoms with Crippen molar-refractivity contribution >= 4 is 11.4 Å². The highest BCUT2D eigenvalue weighted by Crippen LogP contribution is 2.09. The lowest BCUT2D eigenvalue weighted by atomic mass is 10.3. The summed E-state index contributed by atoms with van der Waals surface area (Å²) in [5.41, 5.74) is 6.99. The first-order chi connectivity index (χ1) is 8.95. The first-order valence-electron chi connectivity index (χ1n) is 5.37. The molecule has 0 aliphatic heterocycles. The molecule has 0 aromatic heterocycles. The van der Waals surface area contributed by atoms with Gasteiger partial charge in [0.25, 0.3) is 0 Å². The molecule has 0 saturated carbocycles. The smallest absolute Gasteiger partial charge is 0.0875 e. The SMILES string of the molecule is c1ccc(N=NN=NNNc2ccccc2)cc1. The molecule has 0 spiro atoms. The predicted octanol–water partition coefficient (Wildman–Crippen LogP) is 3.67. The van der Waals surface area contributed by atoms with E-state index in [1.165, 1.54) is 0 Å². The topological polar surface area (TPSA) is 73.5 Å². The van der Waals surface area contributed by atoms with E-state index in [2.05, 4.69) is 31.7 Å². The number of hydrazine groups is 1. The van der Waals surface area contributed by atoms with Crippen molar-refractivity contribution in [3.8, 4) is 0 Å². The Morgan fingerprint density at radius 3 is 2.11 bits per heavy atom. The van der Waals surface area contributed by atoms with Gasteiger partial charge in [-0.25, -0.2) is 5.53 Å². The van der Waals surface area contributed by atoms with Crippen molar-refractivity contribution in [2.45, 2.75) is 0 Å². The molecule has 0 fully saturated rings. The summed E-state index contributed by atoms with van der Waals surface area (Å²) in [6, 6.07) is 18.9. The fourth-order valence-corrected chi connectivity index (χ4v) is 1.22. The van der Waals surface area contributed by atoms with Crippen LogP contribution in [-0.4, -0.2) is 0 Å². The van der Waals surface area contributed by atoms with Gasteiger partial charge in [0, 0.05) is 0 Å². The van der Waals surface area contributed by atoms with Gasteiger partial charge in [-0.15, -0.1) is 5.11 Å². The Labute approximate surface area is 104 Å². The molecule has 0 radical (unpaired) electrons. The zero-order valence-corrected chi connectivity index (χ0v) is 9.56. The number of anilines is 1. The summed E-state index contributed by atoms with van der Waals surface area (Å²) in [6.07, 6.45) is 0. The lowest BCUT2D eigenvalue weighted by molar-refractivity contribution is 0.752. The quantitative estimate of drug-likeness (QED) is 0.618. The summed E-state index contributed by atoms with van der Waals surface area (Å²) in [6.45, 7) is 0. The average molecular weight is 240 g/mol. The Hall–Kier alpha value is -2.76. The Kier molecular flexibility index (Phi) is 4.39. The maximum Gasteiger partial charge on any atom is 0.0875 e. The molecular formula is C12H12N6. The summed E-state index contributed by atoms with van der Waals surface area (Å²) in [5.74, 6) is 0. The zero-order valence-electron chi connectivity index (χ0n) is 9.56. The third-order valence-corrected chi connectivity index (χ3v) is 2.03. The molecule has 0 amide bonds. The Morgan fingerprint density at radius 1 is 0.722 bits per heavy atom. The molecule has 0 bridgehead atoms. The highest BCUT2D eigenvalue weighted by atomic mass is 15.7. The third-order valence-electron chi connectivity index (χ3n) is 2.03. The van der Waals surface area contributed by atoms with Crippen LogP contribution < -0.4 is 11.0 Å². The van der Waals surface area contributed by atoms with Crippen LogP contribution in [0.4, 0.5) is 11.4 Å². The maximum absolute atomic E-state index is 3.85. The van der Waals surface area contributed by atoms with E-state index in [4.69, 9.17) is 0 Å². The molecule has 0 aliphatic rings. The lowest BCUT2D eigenvalue weighted by Gasteiger charge is -2.01. The molecule has 2 aromatic rings. The van der Waals surface area contributed by atoms with Crippen LogP contribution in [-0.2, 0) is 0 Å². The minimum Gasteiger partial charge on any atom is -0.284 e. The highest BCUT2D eigenvalue weighted by molar-refractivity contribution is 5.41. The second-order valence-corrected chi connectivity index (χ2v) is 3.32. The molecule has 0 atom stereocenters. The summed E-state index contributed by atoms with van der Waals surface area (Å²) >= 11 is 0. The normalized spacial score (nSPS) is 10.9. The molecule has 2 rings (SSSR count). The van der Waals surface area contributed by atoms with Crippen molar-refractivity contribution in [1.82, 2.24) is 5.53 Å². The fraction of sp³-hybridized carbons (Fsp3) is 0. The molecule has 18 heavy (non-hydrogen) atoms. The van der Waals surface area contributed by atoms with Crippen molar-refractivity contribution in [3.05, 3.63) is 60.7 Å². The van der Waals surface area contributed by atoms with Gasteiger partial charge in [-0.3, -0.25) is 5.43 Å². The van der Waals surface area contributed by atoms with Crippen molar-refractivity contribution in [2.24, 2.45) is 20.8 Å². The summed E-state index contributed by atoms with van der Waals surface area (Å²) < 4.78 is 0. The minimum atomic E-state index is 0.729. The number of hydrogen-bond donors (Lipinski definition) is 2. The molecule has 2 N–H and O–H groups in total. The monoisotopic (exact) mass is 240 g/mol. The molecule has 0 unspecified atom stereocenters. The van der Waals surface area contributed by atoms with Crippen LogP contribution in [0.15, 0.2) is 81.4 Å². The number of nitrogens with zero attached hydrogens (tertiary/aromatic N) is 4. The number of hydrogen-bond acceptors (Lipinski definition) is 3. The van der Waals surface area contributed by atoms with Crippen LogP contribution in [0.3, 0.4) is 0 Å². The van der Waals surface area contributed by atoms with Crippen LogP contribution >= 0.6 is 0 Å². The van der Waals surface area contributed by atoms with Crippen LogP contribution in [0.1, 0.15) is 0 Å². The van der Waals surface area contributed by atoms with Gasteiger partial charge in [0.2, 0.25) is 0 Å². The molecular weight excluding hydrogens is 228 g/mol. The standard InChI is InChI=1S/C12H12N6/c1-3-7-11(8-4-1)13-15-17-18-16-14-12-9-5-2-6-10-12/h1-10H,(H,13,16,17)(H,14,15,18). The van der Waals surface area contributed by atoms with Crippen molar-refractivity contribution in [3.63, 3.8) is 0 Å². The van der Waals surface area contributed by atoms with Crippen LogP contribution in [0.2, 0.25) is 0 Å². The van der Waals surface area contributed by atoms with E-state index in [0.29, 0.717) is 0 Å². The predicted molar refractivity (Wildman–Crippen MR) is 69.0 cm³/mol. The van der Waals surface area contributed by atoms with Gasteiger partial charge >= 0.3 is 0 Å². The fourth-order valence-electron chi connectivity index (χ4n) is 1.22. The van der Waals surface area contributed by atoms with E-state index in [1.807, 2.05) is 60.7 Å². The molecule has 6 heteroatoms. The summed E-state index contributed by atoms with van der Waals surface area (Å²) in [5, 5.41) is 14.5. The van der Waals surface area contributed by atoms with E-state index in [9.17, 15) is 0 Å². The second-order valence-electron chi connectivity index (χ2n) is 3.32. The van der Waals surface area contributed by atoms with Gasteiger partial charge in [0.1, 0.15) is 0 Å². The largest absolute Gasteiger partial charge is 0.284 e. The molecule has 2 aromatic carbocycles. The van der Waals surface area contributed by atoms with E-state index in [-0.39, 0.29) is 0 Å². The Morgan fingerprint density at radius 2 is 1.39 bits per heavy atom. The third kappa shape index (κ3) is 4.01. The lowest BCUT2D eigenvalue weighted by Crippen LogP contribution is -2.13. The molecule has 0 heterocycles. The minimum absolute atomic E-state index is 0.729. The van der Waals surface area contributed by atoms with Gasteiger partial charge in [0.15, 0.2) is 0 Å². The van der Waals surface area contributed by atoms with E-state index in [0.717, 1.165) is 11.4 Å². The van der Waals surface area contributed by atoms with E-state index < -0.39 is 0 Å². The van der Waals surface area contributed by atoms with Crippen LogP contribution in [0.5, 0.6) is 0 Å². The molecule has 90 valence electrons. The first-order valence-corrected chi connectivity index (χ1v) is 5.37. The number of benzene rings is 2. The number of nitrogens with one attached hydrogen (secondary N) is 2. The number of rotatable bonds is 5. The van der Waals surface area contributed by atoms with Gasteiger partial charge in [-0.05, 0) is 39.9 Å². The Bertz CT molecular complexity index is 509. The van der Waals surface area contributed by atoms with Gasteiger partial charge in [-0.2, -0.15) is 0 Å². The van der Waals surface area contributed by atoms with Crippen molar-refractivity contribution in [2.75, 3.05) is 5.43 Å². The van der Waals surface area contributed by atoms with Crippen molar-refractivity contribution < 1.29 is 0 Å². The highest BCUT2D eigenvalue weighted by Gasteiger charge is 1.85. The van der Waals surface area contributed by atoms with Crippen molar-refractivity contribution in [1.29, 1.82) is 0 Å². The zero-order chi connectivity index (χ0) is 12.5. The van der Waals surface area contributed by atoms with Crippen LogP contribution in [0.25, 0.3) is 0 Å². The molecule has 6 nitrogen and oxygen atoms in total. The van der Waals surface area contributed by atoms with Gasteiger partial charge in [-0.1, -0.05) is 36.4 Å². The Balaban J connectivity index is 1.74. The summed E-state index contributed by atoms with van der Waals surface area (Å²) in [4.78, 5) is 0. The van der Waals surface area contributed by atoms with E-state index in [1.54, 1.807) is 0 Å². The van der Waals surface area contributed by atoms with Gasteiger partial charge in [0.05, 0.1) is 11.4 Å². The summed E-state index contributed by atoms with van der Waals surface area (Å²) in [7, 11) is 0. The second kappa shape index (κ2) is 6.74. The number of para-hydroxylation sites is 1. The van der Waals surface area contributed by atoms with Crippen LogP contribution in [0, 0.1) is 0 Å². The maximum atomic E-state index is 3.85. The average Bonchev–Trinajstić information content (AvgIpc) is 2.45.